The molecule has 0 aromatic heterocycles. The first kappa shape index (κ1) is 13.6. The van der Waals surface area contributed by atoms with Gasteiger partial charge in [-0.2, -0.15) is 0 Å². The molecule has 1 saturated heterocycles. The molecule has 2 N–H and O–H groups in total. The van der Waals surface area contributed by atoms with Crippen LogP contribution in [0.25, 0.3) is 0 Å². The number of aromatic hydroxyl groups is 2. The van der Waals surface area contributed by atoms with E-state index < -0.39 is 5.97 Å². The molecule has 6 nitrogen and oxygen atoms in total. The van der Waals surface area contributed by atoms with E-state index in [-0.39, 0.29) is 23.7 Å². The third-order valence-corrected chi connectivity index (χ3v) is 2.94. The maximum atomic E-state index is 11.7. The molecule has 1 aromatic rings. The molecule has 2 rings (SSSR count). The van der Waals surface area contributed by atoms with E-state index >= 15 is 0 Å². The molecule has 6 heteroatoms. The predicted octanol–water partition coefficient (Wildman–Crippen LogP) is 0.587. The average molecular weight is 267 g/mol. The van der Waals surface area contributed by atoms with Crippen LogP contribution in [-0.2, 0) is 9.47 Å². The van der Waals surface area contributed by atoms with Crippen molar-refractivity contribution < 1.29 is 24.5 Å². The summed E-state index contributed by atoms with van der Waals surface area (Å²) in [5.74, 6) is -0.922. The van der Waals surface area contributed by atoms with Gasteiger partial charge in [0.25, 0.3) is 0 Å². The Bertz CT molecular complexity index is 443. The van der Waals surface area contributed by atoms with Crippen LogP contribution in [-0.4, -0.2) is 60.5 Å². The minimum atomic E-state index is -0.637. The number of hydrogen-bond acceptors (Lipinski definition) is 6. The van der Waals surface area contributed by atoms with Gasteiger partial charge in [0.05, 0.1) is 13.2 Å². The number of hydrogen-bond donors (Lipinski definition) is 2. The Balaban J connectivity index is 1.82. The molecule has 0 radical (unpaired) electrons. The highest BCUT2D eigenvalue weighted by molar-refractivity contribution is 5.92. The van der Waals surface area contributed by atoms with Crippen molar-refractivity contribution in [1.29, 1.82) is 0 Å². The zero-order chi connectivity index (χ0) is 13.7. The van der Waals surface area contributed by atoms with Crippen LogP contribution in [0.15, 0.2) is 18.2 Å². The summed E-state index contributed by atoms with van der Waals surface area (Å²) in [4.78, 5) is 13.9. The van der Waals surface area contributed by atoms with Gasteiger partial charge in [0.15, 0.2) is 0 Å². The highest BCUT2D eigenvalue weighted by atomic mass is 16.5. The summed E-state index contributed by atoms with van der Waals surface area (Å²) in [6, 6.07) is 3.75. The first-order chi connectivity index (χ1) is 9.16. The monoisotopic (exact) mass is 267 g/mol. The number of carbonyl (C=O) groups is 1. The normalized spacial score (nSPS) is 16.2. The van der Waals surface area contributed by atoms with E-state index in [1.54, 1.807) is 0 Å². The summed E-state index contributed by atoms with van der Waals surface area (Å²) in [6.45, 7) is 3.93. The molecule has 0 amide bonds. The predicted molar refractivity (Wildman–Crippen MR) is 67.3 cm³/mol. The van der Waals surface area contributed by atoms with Crippen molar-refractivity contribution in [2.45, 2.75) is 0 Å². The lowest BCUT2D eigenvalue weighted by Crippen LogP contribution is -2.38. The van der Waals surface area contributed by atoms with E-state index in [9.17, 15) is 15.0 Å². The number of phenols is 2. The third kappa shape index (κ3) is 3.84. The molecular formula is C13H17NO5. The number of morpholine rings is 1. The van der Waals surface area contributed by atoms with Crippen molar-refractivity contribution in [3.63, 3.8) is 0 Å². The molecule has 1 aliphatic heterocycles. The largest absolute Gasteiger partial charge is 0.508 e. The van der Waals surface area contributed by atoms with Gasteiger partial charge in [0.1, 0.15) is 23.7 Å². The maximum Gasteiger partial charge on any atom is 0.342 e. The minimum absolute atomic E-state index is 0.0259. The van der Waals surface area contributed by atoms with Crippen molar-refractivity contribution in [3.05, 3.63) is 23.8 Å². The Morgan fingerprint density at radius 1 is 1.32 bits per heavy atom. The van der Waals surface area contributed by atoms with Gasteiger partial charge in [-0.05, 0) is 18.2 Å². The van der Waals surface area contributed by atoms with Crippen molar-refractivity contribution in [2.24, 2.45) is 0 Å². The third-order valence-electron chi connectivity index (χ3n) is 2.94. The molecule has 0 unspecified atom stereocenters. The fraction of sp³-hybridized carbons (Fsp3) is 0.462. The van der Waals surface area contributed by atoms with Crippen molar-refractivity contribution in [3.8, 4) is 11.5 Å². The molecule has 1 aliphatic rings. The summed E-state index contributed by atoms with van der Waals surface area (Å²) in [5, 5.41) is 18.8. The molecule has 19 heavy (non-hydrogen) atoms. The number of rotatable bonds is 4. The molecule has 0 spiro atoms. The molecule has 1 heterocycles. The Kier molecular flexibility index (Phi) is 4.59. The lowest BCUT2D eigenvalue weighted by molar-refractivity contribution is 0.0194. The van der Waals surface area contributed by atoms with Gasteiger partial charge >= 0.3 is 5.97 Å². The number of nitrogens with zero attached hydrogens (tertiary/aromatic N) is 1. The number of phenolic OH excluding ortho intramolecular Hbond substituents is 2. The van der Waals surface area contributed by atoms with Gasteiger partial charge in [0, 0.05) is 19.6 Å². The van der Waals surface area contributed by atoms with Crippen LogP contribution in [0, 0.1) is 0 Å². The van der Waals surface area contributed by atoms with E-state index in [1.807, 2.05) is 0 Å². The summed E-state index contributed by atoms with van der Waals surface area (Å²) in [7, 11) is 0. The van der Waals surface area contributed by atoms with Crippen LogP contribution >= 0.6 is 0 Å². The Hall–Kier alpha value is -1.79. The molecule has 0 bridgehead atoms. The maximum absolute atomic E-state index is 11.7. The Morgan fingerprint density at radius 2 is 2.05 bits per heavy atom. The lowest BCUT2D eigenvalue weighted by Gasteiger charge is -2.26. The summed E-state index contributed by atoms with van der Waals surface area (Å²) in [5.41, 5.74) is -0.0259. The summed E-state index contributed by atoms with van der Waals surface area (Å²) in [6.07, 6.45) is 0. The van der Waals surface area contributed by atoms with E-state index in [0.717, 1.165) is 13.1 Å². The molecule has 1 fully saturated rings. The van der Waals surface area contributed by atoms with Crippen molar-refractivity contribution >= 4 is 5.97 Å². The van der Waals surface area contributed by atoms with Gasteiger partial charge in [-0.15, -0.1) is 0 Å². The second kappa shape index (κ2) is 6.40. The molecule has 0 aliphatic carbocycles. The topological polar surface area (TPSA) is 79.2 Å². The van der Waals surface area contributed by atoms with Crippen molar-refractivity contribution in [2.75, 3.05) is 39.5 Å². The molecule has 0 saturated carbocycles. The van der Waals surface area contributed by atoms with Crippen LogP contribution in [0.1, 0.15) is 10.4 Å². The Labute approximate surface area is 111 Å². The smallest absolute Gasteiger partial charge is 0.342 e. The lowest BCUT2D eigenvalue weighted by atomic mass is 10.2. The quantitative estimate of drug-likeness (QED) is 0.614. The number of benzene rings is 1. The molecule has 0 atom stereocenters. The second-order valence-corrected chi connectivity index (χ2v) is 4.29. The van der Waals surface area contributed by atoms with E-state index in [0.29, 0.717) is 19.8 Å². The minimum Gasteiger partial charge on any atom is -0.508 e. The number of ether oxygens (including phenoxy) is 2. The summed E-state index contributed by atoms with van der Waals surface area (Å²) >= 11 is 0. The van der Waals surface area contributed by atoms with Crippen LogP contribution in [0.2, 0.25) is 0 Å². The average Bonchev–Trinajstić information content (AvgIpc) is 2.42. The van der Waals surface area contributed by atoms with Gasteiger partial charge in [-0.1, -0.05) is 0 Å². The molecule has 1 aromatic carbocycles. The first-order valence-electron chi connectivity index (χ1n) is 6.16. The zero-order valence-electron chi connectivity index (χ0n) is 10.5. The first-order valence-corrected chi connectivity index (χ1v) is 6.16. The van der Waals surface area contributed by atoms with Crippen LogP contribution in [0.3, 0.4) is 0 Å². The van der Waals surface area contributed by atoms with Crippen LogP contribution in [0.4, 0.5) is 0 Å². The van der Waals surface area contributed by atoms with Gasteiger partial charge in [-0.3, -0.25) is 4.90 Å². The van der Waals surface area contributed by atoms with Crippen molar-refractivity contribution in [1.82, 2.24) is 4.90 Å². The number of carbonyl (C=O) groups excluding carboxylic acids is 1. The van der Waals surface area contributed by atoms with E-state index in [1.165, 1.54) is 18.2 Å². The number of esters is 1. The fourth-order valence-corrected chi connectivity index (χ4v) is 1.86. The van der Waals surface area contributed by atoms with Gasteiger partial charge in [-0.25, -0.2) is 4.79 Å². The standard InChI is InChI=1S/C13H17NO5/c15-10-1-2-12(16)11(9-10)13(17)19-8-5-14-3-6-18-7-4-14/h1-2,9,15-16H,3-8H2. The van der Waals surface area contributed by atoms with E-state index in [4.69, 9.17) is 9.47 Å². The highest BCUT2D eigenvalue weighted by Gasteiger charge is 2.15. The molecular weight excluding hydrogens is 250 g/mol. The van der Waals surface area contributed by atoms with Gasteiger partial charge < -0.3 is 19.7 Å². The van der Waals surface area contributed by atoms with E-state index in [2.05, 4.69) is 4.90 Å². The Morgan fingerprint density at radius 3 is 2.79 bits per heavy atom. The SMILES string of the molecule is O=C(OCCN1CCOCC1)c1cc(O)ccc1O. The fourth-order valence-electron chi connectivity index (χ4n) is 1.86. The van der Waals surface area contributed by atoms with Gasteiger partial charge in [0.2, 0.25) is 0 Å². The van der Waals surface area contributed by atoms with Crippen LogP contribution < -0.4 is 0 Å². The molecule has 104 valence electrons. The van der Waals surface area contributed by atoms with Crippen LogP contribution in [0.5, 0.6) is 11.5 Å². The summed E-state index contributed by atoms with van der Waals surface area (Å²) < 4.78 is 10.3. The second-order valence-electron chi connectivity index (χ2n) is 4.29. The highest BCUT2D eigenvalue weighted by Crippen LogP contribution is 2.22. The zero-order valence-corrected chi connectivity index (χ0v) is 10.5.